The summed E-state index contributed by atoms with van der Waals surface area (Å²) in [6, 6.07) is 22.2. The summed E-state index contributed by atoms with van der Waals surface area (Å²) in [6.07, 6.45) is 2.05. The molecule has 3 aromatic carbocycles. The average Bonchev–Trinajstić information content (AvgIpc) is 3.33. The maximum atomic E-state index is 13.1. The first-order chi connectivity index (χ1) is 19.9. The van der Waals surface area contributed by atoms with Gasteiger partial charge in [-0.3, -0.25) is 19.7 Å². The highest BCUT2D eigenvalue weighted by Gasteiger charge is 2.28. The molecular formula is C30H26N6O5. The van der Waals surface area contributed by atoms with Crippen molar-refractivity contribution >= 4 is 40.3 Å². The van der Waals surface area contributed by atoms with Crippen LogP contribution in [0.15, 0.2) is 98.6 Å². The number of aryl methyl sites for hydroxylation is 1. The smallest absolute Gasteiger partial charge is 0.291 e. The second-order valence-corrected chi connectivity index (χ2v) is 9.44. The van der Waals surface area contributed by atoms with Gasteiger partial charge in [-0.25, -0.2) is 5.43 Å². The molecule has 1 aliphatic rings. The zero-order chi connectivity index (χ0) is 28.8. The number of hydrogen-bond acceptors (Lipinski definition) is 8. The maximum absolute atomic E-state index is 13.1. The van der Waals surface area contributed by atoms with E-state index in [1.165, 1.54) is 24.3 Å². The molecule has 0 unspecified atom stereocenters. The summed E-state index contributed by atoms with van der Waals surface area (Å²) in [5.74, 6) is 0.0926. The molecule has 5 rings (SSSR count). The summed E-state index contributed by atoms with van der Waals surface area (Å²) in [5, 5.41) is 26.4. The van der Waals surface area contributed by atoms with Gasteiger partial charge in [0.15, 0.2) is 5.76 Å². The summed E-state index contributed by atoms with van der Waals surface area (Å²) >= 11 is 0. The van der Waals surface area contributed by atoms with Crippen molar-refractivity contribution in [2.75, 3.05) is 5.32 Å². The highest BCUT2D eigenvalue weighted by atomic mass is 16.6. The minimum atomic E-state index is -0.491. The monoisotopic (exact) mass is 550 g/mol. The third-order valence-corrected chi connectivity index (χ3v) is 6.52. The first kappa shape index (κ1) is 27.1. The summed E-state index contributed by atoms with van der Waals surface area (Å²) in [4.78, 5) is 35.9. The van der Waals surface area contributed by atoms with Gasteiger partial charge in [0.05, 0.1) is 28.4 Å². The molecule has 0 saturated carbocycles. The molecule has 4 aromatic rings. The third kappa shape index (κ3) is 6.59. The molecule has 0 fully saturated rings. The first-order valence-corrected chi connectivity index (χ1v) is 13.0. The number of carbonyl (C=O) groups is 2. The van der Waals surface area contributed by atoms with Crippen LogP contribution in [-0.4, -0.2) is 22.4 Å². The van der Waals surface area contributed by atoms with Crippen LogP contribution in [0.2, 0.25) is 0 Å². The lowest BCUT2D eigenvalue weighted by Gasteiger charge is -2.13. The lowest BCUT2D eigenvalue weighted by molar-refractivity contribution is -0.384. The van der Waals surface area contributed by atoms with E-state index in [0.29, 0.717) is 46.8 Å². The maximum Gasteiger partial charge on any atom is 0.291 e. The van der Waals surface area contributed by atoms with Crippen molar-refractivity contribution in [2.45, 2.75) is 32.6 Å². The van der Waals surface area contributed by atoms with Gasteiger partial charge in [0.25, 0.3) is 11.6 Å². The van der Waals surface area contributed by atoms with Gasteiger partial charge in [0, 0.05) is 35.4 Å². The number of nitrogens with zero attached hydrogens (tertiary/aromatic N) is 4. The van der Waals surface area contributed by atoms with Crippen molar-refractivity contribution in [1.29, 1.82) is 0 Å². The number of nitrogens with one attached hydrogen (secondary N) is 2. The number of rotatable bonds is 8. The highest BCUT2D eigenvalue weighted by molar-refractivity contribution is 6.09. The molecule has 0 atom stereocenters. The Bertz CT molecular complexity index is 1640. The molecule has 0 saturated heterocycles. The van der Waals surface area contributed by atoms with E-state index in [0.717, 1.165) is 17.7 Å². The number of benzene rings is 3. The number of hydrazone groups is 1. The van der Waals surface area contributed by atoms with Crippen molar-refractivity contribution in [3.8, 4) is 0 Å². The minimum Gasteiger partial charge on any atom is -0.455 e. The number of fused-ring (bicyclic) bond motifs is 1. The van der Waals surface area contributed by atoms with Crippen LogP contribution in [0, 0.1) is 17.0 Å². The van der Waals surface area contributed by atoms with Crippen LogP contribution >= 0.6 is 0 Å². The molecule has 0 spiro atoms. The Labute approximate surface area is 235 Å². The second-order valence-electron chi connectivity index (χ2n) is 9.44. The fourth-order valence-electron chi connectivity index (χ4n) is 4.50. The van der Waals surface area contributed by atoms with E-state index in [1.807, 2.05) is 30.3 Å². The molecule has 0 radical (unpaired) electrons. The van der Waals surface area contributed by atoms with Gasteiger partial charge in [-0.15, -0.1) is 0 Å². The molecule has 0 bridgehead atoms. The average molecular weight is 551 g/mol. The second kappa shape index (κ2) is 12.2. The molecule has 2 N–H and O–H groups in total. The Balaban J connectivity index is 1.24. The van der Waals surface area contributed by atoms with Crippen molar-refractivity contribution < 1.29 is 18.9 Å². The molecular weight excluding hydrogens is 524 g/mol. The molecule has 0 aliphatic heterocycles. The van der Waals surface area contributed by atoms with Crippen molar-refractivity contribution in [2.24, 2.45) is 15.3 Å². The Hall–Kier alpha value is -5.45. The molecule has 1 aliphatic carbocycles. The van der Waals surface area contributed by atoms with Crippen molar-refractivity contribution in [3.05, 3.63) is 117 Å². The lowest BCUT2D eigenvalue weighted by Crippen LogP contribution is -2.23. The van der Waals surface area contributed by atoms with Crippen LogP contribution in [0.3, 0.4) is 0 Å². The normalized spacial score (nSPS) is 13.6. The van der Waals surface area contributed by atoms with Crippen LogP contribution in [0.4, 0.5) is 22.7 Å². The van der Waals surface area contributed by atoms with E-state index in [1.54, 1.807) is 31.2 Å². The van der Waals surface area contributed by atoms with Crippen LogP contribution < -0.4 is 10.7 Å². The third-order valence-electron chi connectivity index (χ3n) is 6.52. The van der Waals surface area contributed by atoms with Crippen LogP contribution in [0.5, 0.6) is 0 Å². The number of nitro groups is 1. The molecule has 11 heteroatoms. The van der Waals surface area contributed by atoms with E-state index in [4.69, 9.17) is 4.42 Å². The summed E-state index contributed by atoms with van der Waals surface area (Å²) in [6.45, 7) is 1.80. The fraction of sp³-hybridized carbons (Fsp3) is 0.167. The Kier molecular flexibility index (Phi) is 8.05. The summed E-state index contributed by atoms with van der Waals surface area (Å²) < 4.78 is 5.95. The predicted molar refractivity (Wildman–Crippen MR) is 153 cm³/mol. The highest BCUT2D eigenvalue weighted by Crippen LogP contribution is 2.30. The van der Waals surface area contributed by atoms with E-state index < -0.39 is 10.8 Å². The molecule has 11 nitrogen and oxygen atoms in total. The van der Waals surface area contributed by atoms with E-state index >= 15 is 0 Å². The quantitative estimate of drug-likeness (QED) is 0.144. The minimum absolute atomic E-state index is 0.0199. The van der Waals surface area contributed by atoms with E-state index in [9.17, 15) is 19.7 Å². The molecule has 1 aromatic heterocycles. The number of azo groups is 1. The largest absolute Gasteiger partial charge is 0.455 e. The van der Waals surface area contributed by atoms with Gasteiger partial charge in [-0.05, 0) is 61.7 Å². The predicted octanol–water partition coefficient (Wildman–Crippen LogP) is 6.56. The van der Waals surface area contributed by atoms with Gasteiger partial charge in [0.1, 0.15) is 5.76 Å². The van der Waals surface area contributed by atoms with Crippen molar-refractivity contribution in [3.63, 3.8) is 0 Å². The van der Waals surface area contributed by atoms with Gasteiger partial charge >= 0.3 is 0 Å². The number of carbonyl (C=O) groups excluding carboxylic acids is 2. The number of amides is 2. The van der Waals surface area contributed by atoms with Crippen LogP contribution in [0.25, 0.3) is 0 Å². The fourth-order valence-corrected chi connectivity index (χ4v) is 4.50. The van der Waals surface area contributed by atoms with Crippen LogP contribution in [0.1, 0.15) is 45.8 Å². The summed E-state index contributed by atoms with van der Waals surface area (Å²) in [5.41, 5.74) is 7.14. The summed E-state index contributed by atoms with van der Waals surface area (Å²) in [7, 11) is 0. The Morgan fingerprint density at radius 2 is 1.61 bits per heavy atom. The number of non-ortho nitro benzene ring substituents is 1. The van der Waals surface area contributed by atoms with E-state index in [2.05, 4.69) is 26.1 Å². The van der Waals surface area contributed by atoms with Gasteiger partial charge in [0.2, 0.25) is 5.91 Å². The number of hydrogen-bond donors (Lipinski definition) is 2. The Morgan fingerprint density at radius 1 is 0.927 bits per heavy atom. The lowest BCUT2D eigenvalue weighted by atomic mass is 9.93. The SMILES string of the molecule is Cc1c(C(=O)Nc2ccc(N=Nc3ccccc3)cc2)oc2c1/C(=N/NC(=O)Cc1ccc([N+](=O)[O-])cc1)CCC2. The van der Waals surface area contributed by atoms with Crippen LogP contribution in [-0.2, 0) is 17.6 Å². The topological polar surface area (TPSA) is 152 Å². The molecule has 1 heterocycles. The zero-order valence-corrected chi connectivity index (χ0v) is 22.2. The number of furan rings is 1. The first-order valence-electron chi connectivity index (χ1n) is 13.0. The van der Waals surface area contributed by atoms with Gasteiger partial charge in [-0.2, -0.15) is 15.3 Å². The number of anilines is 1. The van der Waals surface area contributed by atoms with E-state index in [-0.39, 0.29) is 23.8 Å². The molecule has 206 valence electrons. The molecule has 41 heavy (non-hydrogen) atoms. The number of nitro benzene ring substituents is 1. The van der Waals surface area contributed by atoms with Gasteiger partial charge in [-0.1, -0.05) is 30.3 Å². The standard InChI is InChI=1S/C30H26N6O5/c1-19-28-25(34-35-27(37)18-20-10-16-24(17-11-20)36(39)40)8-5-9-26(28)41-29(19)30(38)31-21-12-14-23(15-13-21)33-32-22-6-3-2-4-7-22/h2-4,6-7,10-17H,5,8-9,18H2,1H3,(H,31,38)(H,35,37)/b33-32?,34-25+. The van der Waals surface area contributed by atoms with Gasteiger partial charge < -0.3 is 9.73 Å². The zero-order valence-electron chi connectivity index (χ0n) is 22.2. The Morgan fingerprint density at radius 3 is 2.29 bits per heavy atom. The van der Waals surface area contributed by atoms with Crippen molar-refractivity contribution in [1.82, 2.24) is 5.43 Å². The molecule has 2 amide bonds.